The summed E-state index contributed by atoms with van der Waals surface area (Å²) in [4.78, 5) is 2.27. The lowest BCUT2D eigenvalue weighted by molar-refractivity contribution is 0.182. The SMILES string of the molecule is Nc1ccc(OC=C2CN(c3ccccc3)CCO2)cc1. The van der Waals surface area contributed by atoms with Gasteiger partial charge >= 0.3 is 0 Å². The molecule has 0 aromatic heterocycles. The van der Waals surface area contributed by atoms with Gasteiger partial charge in [-0.3, -0.25) is 0 Å². The van der Waals surface area contributed by atoms with E-state index in [9.17, 15) is 0 Å². The third-order valence-electron chi connectivity index (χ3n) is 3.32. The maximum Gasteiger partial charge on any atom is 0.150 e. The second kappa shape index (κ2) is 6.22. The van der Waals surface area contributed by atoms with E-state index in [2.05, 4.69) is 17.0 Å². The van der Waals surface area contributed by atoms with E-state index in [1.807, 2.05) is 42.5 Å². The number of morpholine rings is 1. The predicted molar refractivity (Wildman–Crippen MR) is 84.2 cm³/mol. The normalized spacial score (nSPS) is 16.6. The lowest BCUT2D eigenvalue weighted by atomic mass is 10.2. The van der Waals surface area contributed by atoms with Crippen molar-refractivity contribution in [2.75, 3.05) is 30.3 Å². The molecule has 0 amide bonds. The van der Waals surface area contributed by atoms with Gasteiger partial charge in [0.05, 0.1) is 13.1 Å². The van der Waals surface area contributed by atoms with E-state index in [0.29, 0.717) is 13.2 Å². The summed E-state index contributed by atoms with van der Waals surface area (Å²) in [6.07, 6.45) is 1.67. The molecule has 0 bridgehead atoms. The third kappa shape index (κ3) is 3.48. The number of nitrogen functional groups attached to an aromatic ring is 1. The molecule has 21 heavy (non-hydrogen) atoms. The molecule has 2 aromatic carbocycles. The fraction of sp³-hybridized carbons (Fsp3) is 0.176. The molecule has 1 saturated heterocycles. The van der Waals surface area contributed by atoms with Crippen LogP contribution in [0.15, 0.2) is 66.6 Å². The molecule has 1 aliphatic rings. The van der Waals surface area contributed by atoms with Crippen molar-refractivity contribution in [3.8, 4) is 5.75 Å². The molecule has 0 radical (unpaired) electrons. The molecule has 0 atom stereocenters. The molecular formula is C17H18N2O2. The highest BCUT2D eigenvalue weighted by molar-refractivity contribution is 5.47. The van der Waals surface area contributed by atoms with Crippen molar-refractivity contribution >= 4 is 11.4 Å². The Morgan fingerprint density at radius 1 is 1.05 bits per heavy atom. The number of hydrogen-bond acceptors (Lipinski definition) is 4. The molecule has 0 aliphatic carbocycles. The largest absolute Gasteiger partial charge is 0.491 e. The molecular weight excluding hydrogens is 264 g/mol. The maximum absolute atomic E-state index is 5.65. The Labute approximate surface area is 124 Å². The van der Waals surface area contributed by atoms with Crippen LogP contribution in [0.5, 0.6) is 5.75 Å². The van der Waals surface area contributed by atoms with E-state index >= 15 is 0 Å². The van der Waals surface area contributed by atoms with E-state index in [0.717, 1.165) is 23.7 Å². The first-order chi connectivity index (χ1) is 10.3. The van der Waals surface area contributed by atoms with Crippen LogP contribution in [0.25, 0.3) is 0 Å². The van der Waals surface area contributed by atoms with E-state index in [1.165, 1.54) is 5.69 Å². The van der Waals surface area contributed by atoms with Gasteiger partial charge in [-0.25, -0.2) is 0 Å². The average molecular weight is 282 g/mol. The highest BCUT2D eigenvalue weighted by Crippen LogP contribution is 2.19. The number of anilines is 2. The summed E-state index contributed by atoms with van der Waals surface area (Å²) < 4.78 is 11.3. The van der Waals surface area contributed by atoms with Gasteiger partial charge in [0.2, 0.25) is 0 Å². The standard InChI is InChI=1S/C17H18N2O2/c18-14-6-8-16(9-7-14)21-13-17-12-19(10-11-20-17)15-4-2-1-3-5-15/h1-9,13H,10-12,18H2. The van der Waals surface area contributed by atoms with Crippen LogP contribution in [0.3, 0.4) is 0 Å². The molecule has 3 rings (SSSR count). The molecule has 0 unspecified atom stereocenters. The molecule has 1 heterocycles. The first kappa shape index (κ1) is 13.4. The van der Waals surface area contributed by atoms with Crippen LogP contribution < -0.4 is 15.4 Å². The molecule has 1 fully saturated rings. The van der Waals surface area contributed by atoms with Crippen LogP contribution in [0.1, 0.15) is 0 Å². The Morgan fingerprint density at radius 2 is 1.81 bits per heavy atom. The summed E-state index contributed by atoms with van der Waals surface area (Å²) in [5.41, 5.74) is 7.56. The quantitative estimate of drug-likeness (QED) is 0.694. The number of nitrogens with zero attached hydrogens (tertiary/aromatic N) is 1. The maximum atomic E-state index is 5.65. The van der Waals surface area contributed by atoms with Gasteiger partial charge < -0.3 is 20.1 Å². The summed E-state index contributed by atoms with van der Waals surface area (Å²) >= 11 is 0. The summed E-state index contributed by atoms with van der Waals surface area (Å²) in [5.74, 6) is 1.57. The number of hydrogen-bond donors (Lipinski definition) is 1. The van der Waals surface area contributed by atoms with Crippen LogP contribution in [0.4, 0.5) is 11.4 Å². The van der Waals surface area contributed by atoms with Crippen LogP contribution in [-0.2, 0) is 4.74 Å². The van der Waals surface area contributed by atoms with Crippen molar-refractivity contribution in [1.82, 2.24) is 0 Å². The molecule has 0 spiro atoms. The van der Waals surface area contributed by atoms with Gasteiger partial charge in [0.25, 0.3) is 0 Å². The van der Waals surface area contributed by atoms with Gasteiger partial charge in [0, 0.05) is 11.4 Å². The number of benzene rings is 2. The smallest absolute Gasteiger partial charge is 0.150 e. The van der Waals surface area contributed by atoms with Crippen molar-refractivity contribution in [3.05, 3.63) is 66.6 Å². The zero-order chi connectivity index (χ0) is 14.5. The minimum absolute atomic E-state index is 0.659. The van der Waals surface area contributed by atoms with Gasteiger partial charge in [-0.2, -0.15) is 0 Å². The second-order valence-corrected chi connectivity index (χ2v) is 4.88. The highest BCUT2D eigenvalue weighted by Gasteiger charge is 2.15. The van der Waals surface area contributed by atoms with E-state index in [-0.39, 0.29) is 0 Å². The van der Waals surface area contributed by atoms with Gasteiger partial charge in [-0.15, -0.1) is 0 Å². The summed E-state index contributed by atoms with van der Waals surface area (Å²) in [6, 6.07) is 17.6. The fourth-order valence-corrected chi connectivity index (χ4v) is 2.21. The minimum Gasteiger partial charge on any atom is -0.491 e. The van der Waals surface area contributed by atoms with Gasteiger partial charge in [0.1, 0.15) is 18.6 Å². The van der Waals surface area contributed by atoms with Crippen LogP contribution in [-0.4, -0.2) is 19.7 Å². The lowest BCUT2D eigenvalue weighted by Crippen LogP contribution is -2.35. The Balaban J connectivity index is 1.65. The van der Waals surface area contributed by atoms with E-state index in [4.69, 9.17) is 15.2 Å². The lowest BCUT2D eigenvalue weighted by Gasteiger charge is -2.30. The Morgan fingerprint density at radius 3 is 2.57 bits per heavy atom. The van der Waals surface area contributed by atoms with Gasteiger partial charge in [-0.1, -0.05) is 18.2 Å². The molecule has 108 valence electrons. The molecule has 1 aliphatic heterocycles. The van der Waals surface area contributed by atoms with Gasteiger partial charge in [-0.05, 0) is 36.4 Å². The molecule has 2 N–H and O–H groups in total. The zero-order valence-electron chi connectivity index (χ0n) is 11.7. The fourth-order valence-electron chi connectivity index (χ4n) is 2.21. The summed E-state index contributed by atoms with van der Waals surface area (Å²) in [5, 5.41) is 0. The topological polar surface area (TPSA) is 47.7 Å². The highest BCUT2D eigenvalue weighted by atomic mass is 16.5. The molecule has 2 aromatic rings. The number of para-hydroxylation sites is 1. The van der Waals surface area contributed by atoms with Crippen molar-refractivity contribution in [3.63, 3.8) is 0 Å². The van der Waals surface area contributed by atoms with Crippen molar-refractivity contribution in [2.24, 2.45) is 0 Å². The molecule has 4 heteroatoms. The summed E-state index contributed by atoms with van der Waals surface area (Å²) in [6.45, 7) is 2.24. The molecule has 4 nitrogen and oxygen atoms in total. The zero-order valence-corrected chi connectivity index (χ0v) is 11.7. The van der Waals surface area contributed by atoms with E-state index < -0.39 is 0 Å². The average Bonchev–Trinajstić information content (AvgIpc) is 2.55. The minimum atomic E-state index is 0.659. The first-order valence-corrected chi connectivity index (χ1v) is 6.95. The van der Waals surface area contributed by atoms with Crippen LogP contribution in [0.2, 0.25) is 0 Å². The monoisotopic (exact) mass is 282 g/mol. The summed E-state index contributed by atoms with van der Waals surface area (Å²) in [7, 11) is 0. The third-order valence-corrected chi connectivity index (χ3v) is 3.32. The number of rotatable bonds is 3. The van der Waals surface area contributed by atoms with Crippen LogP contribution in [0, 0.1) is 0 Å². The number of ether oxygens (including phenoxy) is 2. The Kier molecular flexibility index (Phi) is 3.96. The van der Waals surface area contributed by atoms with Gasteiger partial charge in [0.15, 0.2) is 5.76 Å². The number of nitrogens with two attached hydrogens (primary N) is 1. The molecule has 0 saturated carbocycles. The Hall–Kier alpha value is -2.62. The van der Waals surface area contributed by atoms with Crippen LogP contribution >= 0.6 is 0 Å². The first-order valence-electron chi connectivity index (χ1n) is 6.95. The van der Waals surface area contributed by atoms with E-state index in [1.54, 1.807) is 6.26 Å². The Bertz CT molecular complexity index is 608. The van der Waals surface area contributed by atoms with Crippen molar-refractivity contribution in [2.45, 2.75) is 0 Å². The van der Waals surface area contributed by atoms with Crippen molar-refractivity contribution < 1.29 is 9.47 Å². The van der Waals surface area contributed by atoms with Crippen molar-refractivity contribution in [1.29, 1.82) is 0 Å². The second-order valence-electron chi connectivity index (χ2n) is 4.88. The predicted octanol–water partition coefficient (Wildman–Crippen LogP) is 3.03.